The molecule has 25 heavy (non-hydrogen) atoms. The molecule has 1 aromatic carbocycles. The summed E-state index contributed by atoms with van der Waals surface area (Å²) in [4.78, 5) is 16.7. The summed E-state index contributed by atoms with van der Waals surface area (Å²) >= 11 is 0. The summed E-state index contributed by atoms with van der Waals surface area (Å²) in [6.45, 7) is 4.53. The van der Waals surface area contributed by atoms with E-state index in [2.05, 4.69) is 44.0 Å². The Morgan fingerprint density at radius 2 is 2.16 bits per heavy atom. The van der Waals surface area contributed by atoms with Crippen molar-refractivity contribution in [2.45, 2.75) is 32.9 Å². The minimum Gasteiger partial charge on any atom is -0.345 e. The van der Waals surface area contributed by atoms with E-state index in [1.165, 1.54) is 11.0 Å². The number of rotatable bonds is 6. The maximum absolute atomic E-state index is 12.5. The number of carbonyl (C=O) groups is 1. The van der Waals surface area contributed by atoms with Gasteiger partial charge in [0.25, 0.3) is 0 Å². The first kappa shape index (κ1) is 16.8. The maximum Gasteiger partial charge on any atom is 0.222 e. The van der Waals surface area contributed by atoms with Crippen molar-refractivity contribution in [1.82, 2.24) is 30.5 Å². The van der Waals surface area contributed by atoms with E-state index in [1.807, 2.05) is 26.0 Å². The summed E-state index contributed by atoms with van der Waals surface area (Å²) in [6.07, 6.45) is 5.31. The highest BCUT2D eigenvalue weighted by Crippen LogP contribution is 2.25. The van der Waals surface area contributed by atoms with Crippen LogP contribution in [0.5, 0.6) is 0 Å². The molecule has 0 aliphatic carbocycles. The van der Waals surface area contributed by atoms with E-state index >= 15 is 0 Å². The number of amides is 1. The van der Waals surface area contributed by atoms with Crippen LogP contribution < -0.4 is 5.32 Å². The number of nitrogens with zero attached hydrogens (tertiary/aromatic N) is 5. The Labute approximate surface area is 146 Å². The number of nitrogens with one attached hydrogen (secondary N) is 1. The van der Waals surface area contributed by atoms with Crippen molar-refractivity contribution in [1.29, 1.82) is 0 Å². The lowest BCUT2D eigenvalue weighted by Gasteiger charge is -2.22. The van der Waals surface area contributed by atoms with Gasteiger partial charge in [0.05, 0.1) is 12.6 Å². The number of hydrogen-bond donors (Lipinski definition) is 1. The van der Waals surface area contributed by atoms with Gasteiger partial charge in [0.2, 0.25) is 5.91 Å². The van der Waals surface area contributed by atoms with Crippen molar-refractivity contribution in [3.05, 3.63) is 71.3 Å². The third kappa shape index (κ3) is 4.26. The van der Waals surface area contributed by atoms with Crippen LogP contribution in [-0.2, 0) is 11.3 Å². The third-order valence-electron chi connectivity index (χ3n) is 4.03. The highest BCUT2D eigenvalue weighted by molar-refractivity contribution is 5.77. The molecule has 0 fully saturated rings. The largest absolute Gasteiger partial charge is 0.345 e. The number of tetrazole rings is 1. The first-order valence-electron chi connectivity index (χ1n) is 8.10. The number of pyridine rings is 1. The molecule has 0 bridgehead atoms. The molecule has 1 N–H and O–H groups in total. The standard InChI is InChI=1S/C18H20N6O/c1-13-5-6-14(2)16(10-13)18(15-4-3-8-19-11-15)21-17(25)7-9-24-12-20-22-23-24/h3-6,8,10-12,18H,7,9H2,1-2H3,(H,21,25)/t18-/m1/s1. The average Bonchev–Trinajstić information content (AvgIpc) is 3.14. The summed E-state index contributed by atoms with van der Waals surface area (Å²) in [5.41, 5.74) is 4.30. The van der Waals surface area contributed by atoms with E-state index in [-0.39, 0.29) is 11.9 Å². The van der Waals surface area contributed by atoms with Gasteiger partial charge in [-0.1, -0.05) is 29.8 Å². The van der Waals surface area contributed by atoms with Crippen LogP contribution in [0.15, 0.2) is 49.1 Å². The van der Waals surface area contributed by atoms with Gasteiger partial charge in [0.15, 0.2) is 0 Å². The molecule has 2 heterocycles. The zero-order valence-electron chi connectivity index (χ0n) is 14.3. The number of aryl methyl sites for hydroxylation is 3. The van der Waals surface area contributed by atoms with Gasteiger partial charge in [-0.2, -0.15) is 0 Å². The number of carbonyl (C=O) groups excluding carboxylic acids is 1. The average molecular weight is 336 g/mol. The summed E-state index contributed by atoms with van der Waals surface area (Å²) in [7, 11) is 0. The smallest absolute Gasteiger partial charge is 0.222 e. The van der Waals surface area contributed by atoms with Crippen molar-refractivity contribution >= 4 is 5.91 Å². The molecule has 3 rings (SSSR count). The molecule has 3 aromatic rings. The predicted octanol–water partition coefficient (Wildman–Crippen LogP) is 1.98. The predicted molar refractivity (Wildman–Crippen MR) is 92.6 cm³/mol. The molecule has 0 aliphatic rings. The Hall–Kier alpha value is -3.09. The van der Waals surface area contributed by atoms with E-state index in [4.69, 9.17) is 0 Å². The number of aromatic nitrogens is 5. The van der Waals surface area contributed by atoms with Crippen LogP contribution in [-0.4, -0.2) is 31.1 Å². The quantitative estimate of drug-likeness (QED) is 0.744. The normalized spacial score (nSPS) is 11.9. The second kappa shape index (κ2) is 7.65. The van der Waals surface area contributed by atoms with Gasteiger partial charge < -0.3 is 5.32 Å². The molecule has 7 heteroatoms. The van der Waals surface area contributed by atoms with Crippen LogP contribution in [0.1, 0.15) is 34.7 Å². The highest BCUT2D eigenvalue weighted by atomic mass is 16.1. The van der Waals surface area contributed by atoms with Crippen LogP contribution in [0.3, 0.4) is 0 Å². The third-order valence-corrected chi connectivity index (χ3v) is 4.03. The Morgan fingerprint density at radius 3 is 2.88 bits per heavy atom. The van der Waals surface area contributed by atoms with Gasteiger partial charge in [-0.05, 0) is 47.0 Å². The molecule has 0 saturated carbocycles. The lowest BCUT2D eigenvalue weighted by molar-refractivity contribution is -0.121. The summed E-state index contributed by atoms with van der Waals surface area (Å²) in [5.74, 6) is -0.0646. The number of benzene rings is 1. The van der Waals surface area contributed by atoms with Crippen LogP contribution in [0.25, 0.3) is 0 Å². The molecule has 0 saturated heterocycles. The zero-order chi connectivity index (χ0) is 17.6. The minimum atomic E-state index is -0.241. The summed E-state index contributed by atoms with van der Waals surface area (Å²) < 4.78 is 1.54. The first-order chi connectivity index (χ1) is 12.1. The van der Waals surface area contributed by atoms with E-state index in [9.17, 15) is 4.79 Å². The van der Waals surface area contributed by atoms with Gasteiger partial charge in [0.1, 0.15) is 6.33 Å². The summed E-state index contributed by atoms with van der Waals surface area (Å²) in [5, 5.41) is 14.0. The summed E-state index contributed by atoms with van der Waals surface area (Å²) in [6, 6.07) is 9.85. The Morgan fingerprint density at radius 1 is 1.28 bits per heavy atom. The molecule has 1 amide bonds. The van der Waals surface area contributed by atoms with Crippen LogP contribution >= 0.6 is 0 Å². The van der Waals surface area contributed by atoms with Crippen LogP contribution in [0, 0.1) is 13.8 Å². The van der Waals surface area contributed by atoms with Gasteiger partial charge in [-0.15, -0.1) is 5.10 Å². The van der Waals surface area contributed by atoms with Crippen molar-refractivity contribution in [2.24, 2.45) is 0 Å². The molecule has 7 nitrogen and oxygen atoms in total. The van der Waals surface area contributed by atoms with Crippen molar-refractivity contribution in [3.63, 3.8) is 0 Å². The number of hydrogen-bond acceptors (Lipinski definition) is 5. The lowest BCUT2D eigenvalue weighted by Crippen LogP contribution is -2.30. The second-order valence-corrected chi connectivity index (χ2v) is 5.97. The van der Waals surface area contributed by atoms with Gasteiger partial charge in [-0.3, -0.25) is 9.78 Å². The fourth-order valence-corrected chi connectivity index (χ4v) is 2.69. The van der Waals surface area contributed by atoms with Crippen molar-refractivity contribution in [3.8, 4) is 0 Å². The molecule has 0 unspecified atom stereocenters. The molecule has 128 valence electrons. The molecular weight excluding hydrogens is 316 g/mol. The molecule has 0 radical (unpaired) electrons. The first-order valence-corrected chi connectivity index (χ1v) is 8.10. The molecule has 1 atom stereocenters. The van der Waals surface area contributed by atoms with Gasteiger partial charge >= 0.3 is 0 Å². The van der Waals surface area contributed by atoms with E-state index in [0.717, 1.165) is 22.3 Å². The van der Waals surface area contributed by atoms with Crippen LogP contribution in [0.2, 0.25) is 0 Å². The monoisotopic (exact) mass is 336 g/mol. The van der Waals surface area contributed by atoms with E-state index in [1.54, 1.807) is 12.4 Å². The van der Waals surface area contributed by atoms with E-state index < -0.39 is 0 Å². The van der Waals surface area contributed by atoms with Crippen molar-refractivity contribution < 1.29 is 4.79 Å². The molecular formula is C18H20N6O. The van der Waals surface area contributed by atoms with E-state index in [0.29, 0.717) is 13.0 Å². The van der Waals surface area contributed by atoms with Gasteiger partial charge in [0, 0.05) is 18.8 Å². The fraction of sp³-hybridized carbons (Fsp3) is 0.278. The second-order valence-electron chi connectivity index (χ2n) is 5.97. The van der Waals surface area contributed by atoms with Gasteiger partial charge in [-0.25, -0.2) is 4.68 Å². The zero-order valence-corrected chi connectivity index (χ0v) is 14.3. The van der Waals surface area contributed by atoms with Crippen LogP contribution in [0.4, 0.5) is 0 Å². The maximum atomic E-state index is 12.5. The SMILES string of the molecule is Cc1ccc(C)c([C@H](NC(=O)CCn2cnnn2)c2cccnc2)c1. The lowest BCUT2D eigenvalue weighted by atomic mass is 9.94. The fourth-order valence-electron chi connectivity index (χ4n) is 2.69. The topological polar surface area (TPSA) is 85.6 Å². The molecule has 0 spiro atoms. The van der Waals surface area contributed by atoms with Crippen molar-refractivity contribution in [2.75, 3.05) is 0 Å². The Kier molecular flexibility index (Phi) is 5.13. The Balaban J connectivity index is 1.81. The minimum absolute atomic E-state index is 0.0646. The highest BCUT2D eigenvalue weighted by Gasteiger charge is 2.19. The molecule has 0 aliphatic heterocycles. The Bertz CT molecular complexity index is 832. The molecule has 2 aromatic heterocycles.